The number of ether oxygens (including phenoxy) is 1. The number of nitrogens with zero attached hydrogens (tertiary/aromatic N) is 2. The fraction of sp³-hybridized carbons (Fsp3) is 0.136. The number of hydrogen-bond acceptors (Lipinski definition) is 5. The lowest BCUT2D eigenvalue weighted by Crippen LogP contribution is -2.23. The molecular formula is C22H18ClN3O3S. The van der Waals surface area contributed by atoms with Gasteiger partial charge in [0, 0.05) is 34.4 Å². The summed E-state index contributed by atoms with van der Waals surface area (Å²) < 4.78 is 11.3. The molecule has 2 heterocycles. The van der Waals surface area contributed by atoms with Crippen molar-refractivity contribution in [2.24, 2.45) is 0 Å². The maximum absolute atomic E-state index is 13.1. The number of carbonyl (C=O) groups excluding carboxylic acids is 2. The Hall–Kier alpha value is -3.16. The summed E-state index contributed by atoms with van der Waals surface area (Å²) in [5.74, 6) is -0.687. The summed E-state index contributed by atoms with van der Waals surface area (Å²) in [6, 6.07) is 14.7. The van der Waals surface area contributed by atoms with Crippen molar-refractivity contribution in [2.45, 2.75) is 13.5 Å². The second-order valence-corrected chi connectivity index (χ2v) is 7.99. The Morgan fingerprint density at radius 3 is 2.60 bits per heavy atom. The first-order valence-electron chi connectivity index (χ1n) is 9.15. The van der Waals surface area contributed by atoms with Crippen molar-refractivity contribution >= 4 is 50.7 Å². The van der Waals surface area contributed by atoms with Gasteiger partial charge in [-0.05, 0) is 60.4 Å². The average molecular weight is 440 g/mol. The van der Waals surface area contributed by atoms with E-state index in [1.165, 1.54) is 0 Å². The minimum Gasteiger partial charge on any atom is -0.497 e. The summed E-state index contributed by atoms with van der Waals surface area (Å²) in [5.41, 5.74) is 2.94. The molecule has 0 radical (unpaired) electrons. The zero-order valence-corrected chi connectivity index (χ0v) is 17.9. The minimum absolute atomic E-state index is 0.361. The summed E-state index contributed by atoms with van der Waals surface area (Å²) >= 11 is 7.12. The molecule has 0 fully saturated rings. The summed E-state index contributed by atoms with van der Waals surface area (Å²) in [6.45, 7) is 2.38. The molecule has 2 aromatic heterocycles. The quantitative estimate of drug-likeness (QED) is 0.341. The van der Waals surface area contributed by atoms with Crippen LogP contribution in [0.1, 0.15) is 21.6 Å². The van der Waals surface area contributed by atoms with Gasteiger partial charge in [-0.1, -0.05) is 23.7 Å². The zero-order chi connectivity index (χ0) is 21.3. The van der Waals surface area contributed by atoms with Gasteiger partial charge in [-0.25, -0.2) is 0 Å². The van der Waals surface area contributed by atoms with Crippen molar-refractivity contribution in [3.63, 3.8) is 0 Å². The van der Waals surface area contributed by atoms with Crippen LogP contribution in [0.2, 0.25) is 5.02 Å². The summed E-state index contributed by atoms with van der Waals surface area (Å²) in [5, 5.41) is 4.47. The standard InChI is InChI=1S/C22H18ClN3O3S/c1-13-20(21(27)22(28)25-19-9-10-24-30-19)17-11-16(29-2)7-8-18(17)26(13)12-14-3-5-15(23)6-4-14/h3-11H,12H2,1-2H3,(H,25,28). The Labute approximate surface area is 182 Å². The van der Waals surface area contributed by atoms with E-state index in [9.17, 15) is 9.59 Å². The van der Waals surface area contributed by atoms with Crippen LogP contribution in [0.15, 0.2) is 54.7 Å². The van der Waals surface area contributed by atoms with E-state index in [0.717, 1.165) is 22.6 Å². The fourth-order valence-electron chi connectivity index (χ4n) is 3.41. The Kier molecular flexibility index (Phi) is 5.57. The van der Waals surface area contributed by atoms with Gasteiger partial charge in [0.25, 0.3) is 11.7 Å². The van der Waals surface area contributed by atoms with E-state index in [-0.39, 0.29) is 0 Å². The molecule has 1 N–H and O–H groups in total. The maximum Gasteiger partial charge on any atom is 0.297 e. The molecule has 6 nitrogen and oxygen atoms in total. The van der Waals surface area contributed by atoms with Gasteiger partial charge in [0.1, 0.15) is 10.8 Å². The minimum atomic E-state index is -0.698. The first kappa shape index (κ1) is 20.1. The lowest BCUT2D eigenvalue weighted by Gasteiger charge is -2.09. The Morgan fingerprint density at radius 2 is 1.93 bits per heavy atom. The molecule has 0 aliphatic heterocycles. The monoisotopic (exact) mass is 439 g/mol. The van der Waals surface area contributed by atoms with Crippen molar-refractivity contribution in [3.8, 4) is 5.75 Å². The number of methoxy groups -OCH3 is 1. The molecule has 0 aliphatic carbocycles. The molecule has 30 heavy (non-hydrogen) atoms. The van der Waals surface area contributed by atoms with Crippen LogP contribution in [-0.2, 0) is 11.3 Å². The van der Waals surface area contributed by atoms with E-state index < -0.39 is 11.7 Å². The van der Waals surface area contributed by atoms with Gasteiger partial charge in [0.15, 0.2) is 0 Å². The number of benzene rings is 2. The van der Waals surface area contributed by atoms with Crippen molar-refractivity contribution in [1.82, 2.24) is 8.94 Å². The lowest BCUT2D eigenvalue weighted by atomic mass is 10.1. The van der Waals surface area contributed by atoms with Crippen LogP contribution in [0.3, 0.4) is 0 Å². The van der Waals surface area contributed by atoms with Crippen LogP contribution < -0.4 is 10.1 Å². The molecule has 8 heteroatoms. The molecule has 4 aromatic rings. The number of halogens is 1. The summed E-state index contributed by atoms with van der Waals surface area (Å²) in [7, 11) is 1.57. The number of ketones is 1. The Morgan fingerprint density at radius 1 is 1.17 bits per heavy atom. The van der Waals surface area contributed by atoms with Gasteiger partial charge < -0.3 is 14.6 Å². The third-order valence-corrected chi connectivity index (χ3v) is 5.81. The first-order chi connectivity index (χ1) is 14.5. The number of anilines is 1. The third-order valence-electron chi connectivity index (χ3n) is 4.89. The summed E-state index contributed by atoms with van der Waals surface area (Å²) in [6.07, 6.45) is 1.57. The van der Waals surface area contributed by atoms with Gasteiger partial charge in [0.05, 0.1) is 12.7 Å². The molecule has 4 rings (SSSR count). The SMILES string of the molecule is COc1ccc2c(c1)c(C(=O)C(=O)Nc1ccns1)c(C)n2Cc1ccc(Cl)cc1. The number of fused-ring (bicyclic) bond motifs is 1. The van der Waals surface area contributed by atoms with Gasteiger partial charge in [-0.2, -0.15) is 4.37 Å². The molecular weight excluding hydrogens is 422 g/mol. The van der Waals surface area contributed by atoms with Crippen LogP contribution in [0.5, 0.6) is 5.75 Å². The molecule has 0 bridgehead atoms. The molecule has 1 amide bonds. The number of Topliss-reactive ketones (excluding diaryl/α,β-unsaturated/α-hetero) is 1. The molecule has 0 saturated carbocycles. The van der Waals surface area contributed by atoms with Crippen LogP contribution in [0.4, 0.5) is 5.00 Å². The van der Waals surface area contributed by atoms with Gasteiger partial charge in [0.2, 0.25) is 0 Å². The van der Waals surface area contributed by atoms with Crippen LogP contribution in [-0.4, -0.2) is 27.7 Å². The Balaban J connectivity index is 1.79. The molecule has 0 spiro atoms. The lowest BCUT2D eigenvalue weighted by molar-refractivity contribution is -0.112. The highest BCUT2D eigenvalue weighted by Gasteiger charge is 2.26. The Bertz CT molecular complexity index is 1230. The van der Waals surface area contributed by atoms with Crippen molar-refractivity contribution in [3.05, 3.63) is 76.6 Å². The first-order valence-corrected chi connectivity index (χ1v) is 10.3. The molecule has 0 unspecified atom stereocenters. The van der Waals surface area contributed by atoms with E-state index in [1.807, 2.05) is 47.9 Å². The number of rotatable bonds is 6. The molecule has 2 aromatic carbocycles. The number of aromatic nitrogens is 2. The highest BCUT2D eigenvalue weighted by Crippen LogP contribution is 2.31. The highest BCUT2D eigenvalue weighted by atomic mass is 35.5. The maximum atomic E-state index is 13.1. The number of hydrogen-bond donors (Lipinski definition) is 1. The van der Waals surface area contributed by atoms with Crippen LogP contribution >= 0.6 is 23.1 Å². The predicted molar refractivity (Wildman–Crippen MR) is 119 cm³/mol. The summed E-state index contributed by atoms with van der Waals surface area (Å²) in [4.78, 5) is 25.7. The van der Waals surface area contributed by atoms with E-state index in [4.69, 9.17) is 16.3 Å². The third kappa shape index (κ3) is 3.81. The smallest absolute Gasteiger partial charge is 0.297 e. The van der Waals surface area contributed by atoms with Crippen LogP contribution in [0.25, 0.3) is 10.9 Å². The topological polar surface area (TPSA) is 73.2 Å². The second kappa shape index (κ2) is 8.30. The van der Waals surface area contributed by atoms with Gasteiger partial charge in [-0.15, -0.1) is 0 Å². The van der Waals surface area contributed by atoms with E-state index in [2.05, 4.69) is 9.69 Å². The molecule has 0 atom stereocenters. The fourth-order valence-corrected chi connectivity index (χ4v) is 4.03. The predicted octanol–water partition coefficient (Wildman–Crippen LogP) is 4.94. The van der Waals surface area contributed by atoms with E-state index in [0.29, 0.717) is 39.0 Å². The van der Waals surface area contributed by atoms with Gasteiger partial charge >= 0.3 is 0 Å². The molecule has 152 valence electrons. The number of amides is 1. The zero-order valence-electron chi connectivity index (χ0n) is 16.3. The van der Waals surface area contributed by atoms with Crippen molar-refractivity contribution in [1.29, 1.82) is 0 Å². The average Bonchev–Trinajstić information content (AvgIpc) is 3.35. The second-order valence-electron chi connectivity index (χ2n) is 6.72. The van der Waals surface area contributed by atoms with Gasteiger partial charge in [-0.3, -0.25) is 9.59 Å². The normalized spacial score (nSPS) is 10.9. The highest BCUT2D eigenvalue weighted by molar-refractivity contribution is 7.10. The number of carbonyl (C=O) groups is 2. The van der Waals surface area contributed by atoms with E-state index in [1.54, 1.807) is 25.4 Å². The number of nitrogens with one attached hydrogen (secondary N) is 1. The van der Waals surface area contributed by atoms with Crippen LogP contribution in [0, 0.1) is 6.92 Å². The molecule has 0 aliphatic rings. The van der Waals surface area contributed by atoms with E-state index >= 15 is 0 Å². The van der Waals surface area contributed by atoms with Crippen molar-refractivity contribution < 1.29 is 14.3 Å². The van der Waals surface area contributed by atoms with Crippen molar-refractivity contribution in [2.75, 3.05) is 12.4 Å². The largest absolute Gasteiger partial charge is 0.497 e. The molecule has 0 saturated heterocycles.